The predicted octanol–water partition coefficient (Wildman–Crippen LogP) is 2.64. The maximum absolute atomic E-state index is 12.4. The largest absolute Gasteiger partial charge is 0.805 e. The van der Waals surface area contributed by atoms with Crippen LogP contribution in [0, 0.1) is 16.0 Å². The average molecular weight is 337 g/mol. The molecule has 0 radical (unpaired) electrons. The first-order chi connectivity index (χ1) is 11.9. The van der Waals surface area contributed by atoms with Crippen LogP contribution in [0.5, 0.6) is 0 Å². The standard InChI is InChI=1S/C18H19N5O2/c1-12(2)9-14-10-13(20-18(19)21-14)7-8-15-11-22(24)16-5-3-4-6-17(16)23(15)25/h3-8,10-12H,9H2,1-2H3,(H2,19,20,21). The Morgan fingerprint density at radius 1 is 1.28 bits per heavy atom. The minimum Gasteiger partial charge on any atom is -0.805 e. The molecular weight excluding hydrogens is 318 g/mol. The average Bonchev–Trinajstić information content (AvgIpc) is 2.56. The van der Waals surface area contributed by atoms with Gasteiger partial charge >= 0.3 is 0 Å². The van der Waals surface area contributed by atoms with Crippen LogP contribution >= 0.6 is 0 Å². The van der Waals surface area contributed by atoms with Gasteiger partial charge in [-0.2, -0.15) is 0 Å². The van der Waals surface area contributed by atoms with Gasteiger partial charge in [0.15, 0.2) is 0 Å². The Labute approximate surface area is 144 Å². The number of fused-ring (bicyclic) bond motifs is 1. The van der Waals surface area contributed by atoms with Crippen LogP contribution in [0.25, 0.3) is 23.2 Å². The highest BCUT2D eigenvalue weighted by atomic mass is 16.5. The second kappa shape index (κ2) is 6.72. The molecule has 0 unspecified atom stereocenters. The lowest BCUT2D eigenvalue weighted by atomic mass is 10.1. The molecule has 0 spiro atoms. The van der Waals surface area contributed by atoms with E-state index in [-0.39, 0.29) is 11.6 Å². The summed E-state index contributed by atoms with van der Waals surface area (Å²) < 4.78 is 1.40. The van der Waals surface area contributed by atoms with Gasteiger partial charge < -0.3 is 15.7 Å². The van der Waals surface area contributed by atoms with E-state index in [1.165, 1.54) is 6.20 Å². The highest BCUT2D eigenvalue weighted by molar-refractivity contribution is 5.75. The van der Waals surface area contributed by atoms with Crippen LogP contribution in [0.2, 0.25) is 0 Å². The molecule has 0 atom stereocenters. The van der Waals surface area contributed by atoms with E-state index >= 15 is 0 Å². The van der Waals surface area contributed by atoms with Crippen molar-refractivity contribution in [3.05, 3.63) is 63.7 Å². The van der Waals surface area contributed by atoms with Crippen LogP contribution in [0.3, 0.4) is 0 Å². The van der Waals surface area contributed by atoms with E-state index in [0.717, 1.165) is 16.8 Å². The molecule has 0 fully saturated rings. The molecule has 1 aromatic carbocycles. The number of nitrogens with two attached hydrogens (primary N) is 1. The van der Waals surface area contributed by atoms with Crippen molar-refractivity contribution in [3.63, 3.8) is 0 Å². The summed E-state index contributed by atoms with van der Waals surface area (Å²) in [6.45, 7) is 4.19. The van der Waals surface area contributed by atoms with Crippen molar-refractivity contribution in [2.24, 2.45) is 5.92 Å². The van der Waals surface area contributed by atoms with Crippen LogP contribution in [0.1, 0.15) is 30.9 Å². The van der Waals surface area contributed by atoms with Gasteiger partial charge in [-0.15, -0.1) is 0 Å². The Morgan fingerprint density at radius 2 is 2.04 bits per heavy atom. The quantitative estimate of drug-likeness (QED) is 0.737. The number of rotatable bonds is 4. The molecule has 3 aromatic rings. The summed E-state index contributed by atoms with van der Waals surface area (Å²) in [7, 11) is 0. The summed E-state index contributed by atoms with van der Waals surface area (Å²) in [6.07, 6.45) is 5.23. The van der Waals surface area contributed by atoms with Crippen LogP contribution in [-0.4, -0.2) is 14.7 Å². The first-order valence-corrected chi connectivity index (χ1v) is 8.00. The summed E-state index contributed by atoms with van der Waals surface area (Å²) in [6, 6.07) is 8.47. The van der Waals surface area contributed by atoms with Crippen LogP contribution in [0.15, 0.2) is 36.5 Å². The van der Waals surface area contributed by atoms with Gasteiger partial charge in [-0.1, -0.05) is 26.0 Å². The van der Waals surface area contributed by atoms with Crippen molar-refractivity contribution in [3.8, 4) is 0 Å². The van der Waals surface area contributed by atoms with E-state index < -0.39 is 0 Å². The minimum atomic E-state index is 0.185. The molecule has 2 heterocycles. The smallest absolute Gasteiger partial charge is 0.286 e. The van der Waals surface area contributed by atoms with Gasteiger partial charge in [0, 0.05) is 16.7 Å². The second-order valence-electron chi connectivity index (χ2n) is 6.24. The third-order valence-electron chi connectivity index (χ3n) is 3.68. The second-order valence-corrected chi connectivity index (χ2v) is 6.24. The van der Waals surface area contributed by atoms with Crippen molar-refractivity contribution in [2.75, 3.05) is 5.73 Å². The number of hydrogen-bond donors (Lipinski definition) is 1. The molecule has 3 rings (SSSR count). The molecule has 2 aromatic heterocycles. The zero-order chi connectivity index (χ0) is 18.0. The Bertz CT molecular complexity index is 1010. The molecule has 2 N–H and O–H groups in total. The molecule has 0 bridgehead atoms. The number of para-hydroxylation sites is 2. The number of anilines is 1. The maximum Gasteiger partial charge on any atom is 0.286 e. The molecule has 7 nitrogen and oxygen atoms in total. The van der Waals surface area contributed by atoms with Gasteiger partial charge in [-0.25, -0.2) is 9.97 Å². The Morgan fingerprint density at radius 3 is 2.80 bits per heavy atom. The fourth-order valence-corrected chi connectivity index (χ4v) is 2.63. The van der Waals surface area contributed by atoms with Gasteiger partial charge in [-0.3, -0.25) is 0 Å². The minimum absolute atomic E-state index is 0.185. The van der Waals surface area contributed by atoms with Crippen molar-refractivity contribution in [1.82, 2.24) is 14.7 Å². The lowest BCUT2D eigenvalue weighted by Crippen LogP contribution is -2.18. The third kappa shape index (κ3) is 3.65. The van der Waals surface area contributed by atoms with Crippen molar-refractivity contribution < 1.29 is 4.43 Å². The summed E-state index contributed by atoms with van der Waals surface area (Å²) in [4.78, 5) is 20.4. The Balaban J connectivity index is 2.00. The Kier molecular flexibility index (Phi) is 4.47. The van der Waals surface area contributed by atoms with E-state index in [0.29, 0.717) is 27.1 Å². The molecular formula is C18H19N5O2. The number of aromatic nitrogens is 4. The van der Waals surface area contributed by atoms with Gasteiger partial charge in [0.1, 0.15) is 11.2 Å². The van der Waals surface area contributed by atoms with Crippen LogP contribution in [0.4, 0.5) is 5.95 Å². The SMILES string of the molecule is CC(C)Cc1cc(C=Cc2c[n+](=O)c3ccccc3n2[O-])nc(N)n1. The van der Waals surface area contributed by atoms with Gasteiger partial charge in [0.2, 0.25) is 5.95 Å². The van der Waals surface area contributed by atoms with Gasteiger partial charge in [0.25, 0.3) is 11.7 Å². The highest BCUT2D eigenvalue weighted by Gasteiger charge is 2.09. The molecule has 0 aliphatic rings. The van der Waals surface area contributed by atoms with E-state index in [1.54, 1.807) is 36.4 Å². The van der Waals surface area contributed by atoms with Gasteiger partial charge in [-0.05, 0) is 36.6 Å². The lowest BCUT2D eigenvalue weighted by molar-refractivity contribution is -0.464. The predicted molar refractivity (Wildman–Crippen MR) is 98.0 cm³/mol. The van der Waals surface area contributed by atoms with Crippen molar-refractivity contribution in [1.29, 1.82) is 0 Å². The maximum atomic E-state index is 12.4. The van der Waals surface area contributed by atoms with E-state index in [4.69, 9.17) is 5.73 Å². The summed E-state index contributed by atoms with van der Waals surface area (Å²) in [5.41, 5.74) is 8.04. The van der Waals surface area contributed by atoms with Crippen LogP contribution < -0.4 is 10.2 Å². The Hall–Kier alpha value is -3.22. The summed E-state index contributed by atoms with van der Waals surface area (Å²) in [5.74, 6) is 0.625. The molecule has 0 aliphatic heterocycles. The number of benzene rings is 1. The van der Waals surface area contributed by atoms with E-state index in [2.05, 4.69) is 23.8 Å². The fraction of sp³-hybridized carbons (Fsp3) is 0.222. The normalized spacial score (nSPS) is 11.6. The molecule has 0 amide bonds. The van der Waals surface area contributed by atoms with Gasteiger partial charge in [0.05, 0.1) is 10.1 Å². The molecule has 128 valence electrons. The summed E-state index contributed by atoms with van der Waals surface area (Å²) >= 11 is 0. The number of nitrogen functional groups attached to an aromatic ring is 1. The summed E-state index contributed by atoms with van der Waals surface area (Å²) in [5, 5.41) is 12.4. The first kappa shape index (κ1) is 16.6. The molecule has 0 saturated carbocycles. The molecule has 25 heavy (non-hydrogen) atoms. The fourth-order valence-electron chi connectivity index (χ4n) is 2.63. The molecule has 0 saturated heterocycles. The highest BCUT2D eigenvalue weighted by Crippen LogP contribution is 2.14. The zero-order valence-corrected chi connectivity index (χ0v) is 14.1. The molecule has 0 aliphatic carbocycles. The zero-order valence-electron chi connectivity index (χ0n) is 14.1. The third-order valence-corrected chi connectivity index (χ3v) is 3.68. The molecule has 7 heteroatoms. The number of hydrogen-bond acceptors (Lipinski definition) is 5. The van der Waals surface area contributed by atoms with Crippen LogP contribution in [-0.2, 0) is 6.42 Å². The van der Waals surface area contributed by atoms with Crippen molar-refractivity contribution in [2.45, 2.75) is 20.3 Å². The van der Waals surface area contributed by atoms with Crippen molar-refractivity contribution >= 4 is 29.1 Å². The van der Waals surface area contributed by atoms with E-state index in [9.17, 15) is 10.1 Å². The topological polar surface area (TPSA) is 103 Å². The lowest BCUT2D eigenvalue weighted by Gasteiger charge is -2.14. The monoisotopic (exact) mass is 337 g/mol. The van der Waals surface area contributed by atoms with E-state index in [1.807, 2.05) is 6.07 Å². The first-order valence-electron chi connectivity index (χ1n) is 8.00. The number of nitrogens with zero attached hydrogens (tertiary/aromatic N) is 4.